The molecule has 2 aromatic carbocycles. The second-order valence-corrected chi connectivity index (χ2v) is 8.55. The van der Waals surface area contributed by atoms with Gasteiger partial charge in [0.05, 0.1) is 38.0 Å². The minimum atomic E-state index is -0.533. The first-order chi connectivity index (χ1) is 15.9. The fourth-order valence-corrected chi connectivity index (χ4v) is 4.90. The molecule has 2 aromatic rings. The van der Waals surface area contributed by atoms with E-state index in [1.807, 2.05) is 65.8 Å². The number of anilines is 1. The average molecular weight is 464 g/mol. The second-order valence-electron chi connectivity index (χ2n) is 7.72. The molecule has 0 bridgehead atoms. The van der Waals surface area contributed by atoms with E-state index < -0.39 is 12.0 Å². The number of nitrogens with one attached hydrogen (secondary N) is 1. The monoisotopic (exact) mass is 463 g/mol. The number of fused-ring (bicyclic) bond motifs is 1. The molecule has 1 atom stereocenters. The first-order valence-corrected chi connectivity index (χ1v) is 11.3. The van der Waals surface area contributed by atoms with Crippen LogP contribution in [0.1, 0.15) is 30.5 Å². The van der Waals surface area contributed by atoms with Gasteiger partial charge in [0.25, 0.3) is 0 Å². The summed E-state index contributed by atoms with van der Waals surface area (Å²) in [5.74, 6) is 0.0153. The highest BCUT2D eigenvalue weighted by atomic mass is 32.2. The van der Waals surface area contributed by atoms with Crippen molar-refractivity contribution in [2.24, 2.45) is 4.99 Å². The number of rotatable bonds is 6. The number of benzene rings is 2. The number of aryl methyl sites for hydroxylation is 1. The van der Waals surface area contributed by atoms with Crippen LogP contribution in [0.4, 0.5) is 5.69 Å². The van der Waals surface area contributed by atoms with Gasteiger partial charge in [0.2, 0.25) is 5.91 Å². The number of allylic oxidation sites excluding steroid dienone is 1. The third-order valence-corrected chi connectivity index (χ3v) is 6.41. The number of aliphatic imine (C=N–C) groups is 1. The third-order valence-electron chi connectivity index (χ3n) is 5.52. The first kappa shape index (κ1) is 22.7. The third kappa shape index (κ3) is 4.52. The molecule has 0 saturated heterocycles. The lowest BCUT2D eigenvalue weighted by Crippen LogP contribution is -2.37. The van der Waals surface area contributed by atoms with Gasteiger partial charge in [-0.15, -0.1) is 0 Å². The number of hydrogen-bond donors (Lipinski definition) is 1. The normalized spacial score (nSPS) is 17.2. The van der Waals surface area contributed by atoms with Crippen molar-refractivity contribution in [3.05, 3.63) is 82.0 Å². The quantitative estimate of drug-likeness (QED) is 0.621. The summed E-state index contributed by atoms with van der Waals surface area (Å²) in [6, 6.07) is 14.6. The molecule has 1 amide bonds. The molecule has 0 radical (unpaired) electrons. The van der Waals surface area contributed by atoms with E-state index in [9.17, 15) is 9.59 Å². The Balaban J connectivity index is 1.69. The molecule has 2 aliphatic rings. The first-order valence-electron chi connectivity index (χ1n) is 10.4. The van der Waals surface area contributed by atoms with Gasteiger partial charge in [-0.3, -0.25) is 4.79 Å². The molecule has 8 heteroatoms. The van der Waals surface area contributed by atoms with Crippen molar-refractivity contribution in [2.75, 3.05) is 19.5 Å². The predicted octanol–water partition coefficient (Wildman–Crippen LogP) is 4.78. The Labute approximate surface area is 197 Å². The molecule has 0 aromatic heterocycles. The molecule has 0 spiro atoms. The van der Waals surface area contributed by atoms with Crippen molar-refractivity contribution in [1.29, 1.82) is 0 Å². The highest BCUT2D eigenvalue weighted by Crippen LogP contribution is 2.46. The minimum absolute atomic E-state index is 0.124. The van der Waals surface area contributed by atoms with Gasteiger partial charge in [-0.05, 0) is 37.5 Å². The summed E-state index contributed by atoms with van der Waals surface area (Å²) >= 11 is 1.43. The predicted molar refractivity (Wildman–Crippen MR) is 130 cm³/mol. The fourth-order valence-electron chi connectivity index (χ4n) is 3.93. The maximum Gasteiger partial charge on any atom is 0.338 e. The van der Waals surface area contributed by atoms with Crippen molar-refractivity contribution in [3.8, 4) is 5.75 Å². The number of amidine groups is 1. The molecule has 0 unspecified atom stereocenters. The number of carbonyl (C=O) groups is 2. The molecular formula is C25H25N3O4S. The molecule has 4 rings (SSSR count). The maximum absolute atomic E-state index is 12.9. The molecule has 2 heterocycles. The summed E-state index contributed by atoms with van der Waals surface area (Å²) in [7, 11) is 2.95. The molecule has 0 aliphatic carbocycles. The number of carbonyl (C=O) groups excluding carboxylic acids is 2. The van der Waals surface area contributed by atoms with E-state index in [0.29, 0.717) is 22.2 Å². The highest BCUT2D eigenvalue weighted by Gasteiger charge is 2.42. The topological polar surface area (TPSA) is 80.2 Å². The van der Waals surface area contributed by atoms with Crippen LogP contribution in [-0.4, -0.2) is 36.2 Å². The van der Waals surface area contributed by atoms with Crippen LogP contribution in [0.25, 0.3) is 0 Å². The summed E-state index contributed by atoms with van der Waals surface area (Å²) in [5, 5.41) is 5.55. The summed E-state index contributed by atoms with van der Waals surface area (Å²) in [6.07, 6.45) is 0.124. The van der Waals surface area contributed by atoms with Crippen molar-refractivity contribution in [1.82, 2.24) is 4.90 Å². The van der Waals surface area contributed by atoms with E-state index in [1.165, 1.54) is 18.9 Å². The van der Waals surface area contributed by atoms with Crippen molar-refractivity contribution >= 4 is 34.5 Å². The van der Waals surface area contributed by atoms with Crippen LogP contribution in [0.15, 0.2) is 75.9 Å². The van der Waals surface area contributed by atoms with E-state index in [4.69, 9.17) is 9.47 Å². The van der Waals surface area contributed by atoms with E-state index in [1.54, 1.807) is 14.0 Å². The SMILES string of the molecule is COC(=O)C1=C(C)N=C2SC=C(CC(=O)Nc3ccc(C)cc3)N2[C@H]1c1ccccc1OC. The smallest absolute Gasteiger partial charge is 0.338 e. The van der Waals surface area contributed by atoms with Crippen molar-refractivity contribution < 1.29 is 19.1 Å². The summed E-state index contributed by atoms with van der Waals surface area (Å²) in [4.78, 5) is 32.3. The van der Waals surface area contributed by atoms with E-state index >= 15 is 0 Å². The van der Waals surface area contributed by atoms with Crippen LogP contribution in [0.3, 0.4) is 0 Å². The lowest BCUT2D eigenvalue weighted by atomic mass is 9.93. The van der Waals surface area contributed by atoms with E-state index in [0.717, 1.165) is 22.5 Å². The standard InChI is InChI=1S/C25H25N3O4S/c1-15-9-11-17(12-10-15)27-21(29)13-18-14-33-25-26-16(2)22(24(30)32-4)23(28(18)25)19-7-5-6-8-20(19)31-3/h5-12,14,23H,13H2,1-4H3,(H,27,29)/t23-/m0/s1. The molecule has 0 fully saturated rings. The molecule has 2 aliphatic heterocycles. The Morgan fingerprint density at radius 1 is 1.09 bits per heavy atom. The Morgan fingerprint density at radius 3 is 2.52 bits per heavy atom. The van der Waals surface area contributed by atoms with Crippen LogP contribution in [0, 0.1) is 6.92 Å². The van der Waals surface area contributed by atoms with Crippen LogP contribution < -0.4 is 10.1 Å². The Hall–Kier alpha value is -3.52. The average Bonchev–Trinajstić information content (AvgIpc) is 3.20. The number of para-hydroxylation sites is 1. The van der Waals surface area contributed by atoms with Crippen LogP contribution in [-0.2, 0) is 14.3 Å². The fraction of sp³-hybridized carbons (Fsp3) is 0.240. The van der Waals surface area contributed by atoms with E-state index in [-0.39, 0.29) is 12.3 Å². The molecule has 7 nitrogen and oxygen atoms in total. The Morgan fingerprint density at radius 2 is 1.82 bits per heavy atom. The van der Waals surface area contributed by atoms with Gasteiger partial charge in [0.1, 0.15) is 5.75 Å². The van der Waals surface area contributed by atoms with Gasteiger partial charge < -0.3 is 19.7 Å². The summed E-state index contributed by atoms with van der Waals surface area (Å²) in [6.45, 7) is 3.79. The molecule has 1 N–H and O–H groups in total. The van der Waals surface area contributed by atoms with Crippen molar-refractivity contribution in [2.45, 2.75) is 26.3 Å². The molecule has 33 heavy (non-hydrogen) atoms. The Bertz CT molecular complexity index is 1180. The zero-order chi connectivity index (χ0) is 23.5. The molecular weight excluding hydrogens is 438 g/mol. The maximum atomic E-state index is 12.9. The highest BCUT2D eigenvalue weighted by molar-refractivity contribution is 8.16. The van der Waals surface area contributed by atoms with E-state index in [2.05, 4.69) is 10.3 Å². The zero-order valence-electron chi connectivity index (χ0n) is 18.9. The molecule has 170 valence electrons. The largest absolute Gasteiger partial charge is 0.496 e. The van der Waals surface area contributed by atoms with Crippen LogP contribution in [0.5, 0.6) is 5.75 Å². The van der Waals surface area contributed by atoms with Crippen LogP contribution in [0.2, 0.25) is 0 Å². The lowest BCUT2D eigenvalue weighted by molar-refractivity contribution is -0.136. The van der Waals surface area contributed by atoms with Gasteiger partial charge in [0.15, 0.2) is 5.17 Å². The summed E-state index contributed by atoms with van der Waals surface area (Å²) in [5.41, 5.74) is 4.38. The number of methoxy groups -OCH3 is 2. The van der Waals surface area contributed by atoms with Gasteiger partial charge in [-0.1, -0.05) is 47.7 Å². The van der Waals surface area contributed by atoms with Gasteiger partial charge in [-0.25, -0.2) is 9.79 Å². The lowest BCUT2D eigenvalue weighted by Gasteiger charge is -2.36. The number of nitrogens with zero attached hydrogens (tertiary/aromatic N) is 2. The second kappa shape index (κ2) is 9.54. The molecule has 0 saturated carbocycles. The number of amides is 1. The van der Waals surface area contributed by atoms with Gasteiger partial charge in [-0.2, -0.15) is 0 Å². The number of hydrogen-bond acceptors (Lipinski definition) is 7. The number of esters is 1. The van der Waals surface area contributed by atoms with Crippen LogP contribution >= 0.6 is 11.8 Å². The van der Waals surface area contributed by atoms with Gasteiger partial charge >= 0.3 is 5.97 Å². The zero-order valence-corrected chi connectivity index (χ0v) is 19.7. The van der Waals surface area contributed by atoms with Gasteiger partial charge in [0, 0.05) is 16.9 Å². The van der Waals surface area contributed by atoms with Crippen molar-refractivity contribution in [3.63, 3.8) is 0 Å². The number of ether oxygens (including phenoxy) is 2. The number of thioether (sulfide) groups is 1. The Kier molecular flexibility index (Phi) is 6.55. The summed E-state index contributed by atoms with van der Waals surface area (Å²) < 4.78 is 10.7. The minimum Gasteiger partial charge on any atom is -0.496 e.